The van der Waals surface area contributed by atoms with Crippen molar-refractivity contribution in [3.05, 3.63) is 68.7 Å². The molecule has 3 unspecified atom stereocenters. The Morgan fingerprint density at radius 2 is 1.87 bits per heavy atom. The molecule has 0 spiro atoms. The number of carboxylic acids is 1. The molecule has 5 nitrogen and oxygen atoms in total. The van der Waals surface area contributed by atoms with Crippen LogP contribution in [0.2, 0.25) is 10.0 Å². The third-order valence-corrected chi connectivity index (χ3v) is 5.43. The summed E-state index contributed by atoms with van der Waals surface area (Å²) in [5.41, 5.74) is -4.00. The Kier molecular flexibility index (Phi) is 6.22. The molecule has 0 saturated carbocycles. The fraction of sp³-hybridized carbons (Fsp3) is 0.300. The number of nitrogens with zero attached hydrogens (tertiary/aromatic N) is 2. The van der Waals surface area contributed by atoms with Crippen LogP contribution in [0.15, 0.2) is 36.4 Å². The Morgan fingerprint density at radius 3 is 2.35 bits per heavy atom. The minimum Gasteiger partial charge on any atom is -0.478 e. The van der Waals surface area contributed by atoms with E-state index in [1.165, 1.54) is 25.1 Å². The van der Waals surface area contributed by atoms with Crippen LogP contribution in [-0.4, -0.2) is 35.0 Å². The molecule has 11 heteroatoms. The first kappa shape index (κ1) is 23.3. The van der Waals surface area contributed by atoms with Gasteiger partial charge in [-0.1, -0.05) is 35.3 Å². The molecule has 2 aromatic rings. The summed E-state index contributed by atoms with van der Waals surface area (Å²) in [5.74, 6) is -1.24. The zero-order valence-electron chi connectivity index (χ0n) is 15.8. The Hall–Kier alpha value is -2.38. The number of carboxylic acid groups (broad SMARTS) is 1. The molecule has 0 aromatic heterocycles. The number of hydrogen-bond donors (Lipinski definition) is 1. The number of benzene rings is 2. The first-order valence-electron chi connectivity index (χ1n) is 8.76. The van der Waals surface area contributed by atoms with Crippen LogP contribution >= 0.6 is 23.2 Å². The van der Waals surface area contributed by atoms with Crippen molar-refractivity contribution < 1.29 is 32.3 Å². The molecule has 1 N–H and O–H groups in total. The summed E-state index contributed by atoms with van der Waals surface area (Å²) < 4.78 is 58.8. The van der Waals surface area contributed by atoms with Crippen LogP contribution in [0.1, 0.15) is 33.1 Å². The van der Waals surface area contributed by atoms with Crippen LogP contribution in [0.4, 0.5) is 17.6 Å². The average Bonchev–Trinajstić information content (AvgIpc) is 2.94. The van der Waals surface area contributed by atoms with Crippen molar-refractivity contribution in [2.45, 2.75) is 30.9 Å². The standard InChI is InChI=1S/C20H14Cl2F4N2O3/c1-10-6-11(2-3-15(10)18(29)30)16-17(23)19(20(24,25)26,31-28(16)5-4-27)12-7-13(21)9-14(22)8-12/h2-3,6-9,16-17H,5H2,1H3,(H,29,30). The number of aryl methyl sites for hydroxylation is 1. The molecule has 31 heavy (non-hydrogen) atoms. The molecular formula is C20H14Cl2F4N2O3. The zero-order chi connectivity index (χ0) is 23.1. The first-order chi connectivity index (χ1) is 14.4. The predicted molar refractivity (Wildman–Crippen MR) is 103 cm³/mol. The van der Waals surface area contributed by atoms with Gasteiger partial charge in [0.15, 0.2) is 6.17 Å². The second-order valence-electron chi connectivity index (χ2n) is 6.94. The molecule has 3 rings (SSSR count). The van der Waals surface area contributed by atoms with Gasteiger partial charge in [-0.25, -0.2) is 9.18 Å². The smallest absolute Gasteiger partial charge is 0.426 e. The number of halogens is 6. The number of nitriles is 1. The number of alkyl halides is 4. The van der Waals surface area contributed by atoms with Gasteiger partial charge in [-0.2, -0.15) is 23.5 Å². The number of carbonyl (C=O) groups is 1. The van der Waals surface area contributed by atoms with Gasteiger partial charge in [-0.05, 0) is 42.3 Å². The number of aromatic carboxylic acids is 1. The number of hydroxylamine groups is 2. The highest BCUT2D eigenvalue weighted by Crippen LogP contribution is 2.56. The third-order valence-electron chi connectivity index (χ3n) is 5.00. The maximum atomic E-state index is 15.8. The number of rotatable bonds is 4. The molecule has 2 aromatic carbocycles. The van der Waals surface area contributed by atoms with E-state index < -0.39 is 42.1 Å². The Balaban J connectivity index is 2.21. The quantitative estimate of drug-likeness (QED) is 0.458. The molecule has 1 fully saturated rings. The Morgan fingerprint density at radius 1 is 1.26 bits per heavy atom. The lowest BCUT2D eigenvalue weighted by molar-refractivity contribution is -0.333. The van der Waals surface area contributed by atoms with Gasteiger partial charge in [-0.3, -0.25) is 4.84 Å². The van der Waals surface area contributed by atoms with Crippen LogP contribution in [0.5, 0.6) is 0 Å². The summed E-state index contributed by atoms with van der Waals surface area (Å²) in [4.78, 5) is 16.4. The maximum absolute atomic E-state index is 15.8. The van der Waals surface area contributed by atoms with Crippen molar-refractivity contribution in [1.82, 2.24) is 5.06 Å². The minimum atomic E-state index is -5.25. The van der Waals surface area contributed by atoms with Gasteiger partial charge in [0.05, 0.1) is 17.7 Å². The van der Waals surface area contributed by atoms with E-state index in [2.05, 4.69) is 0 Å². The van der Waals surface area contributed by atoms with Gasteiger partial charge in [-0.15, -0.1) is 0 Å². The van der Waals surface area contributed by atoms with Gasteiger partial charge in [0.25, 0.3) is 0 Å². The number of hydrogen-bond acceptors (Lipinski definition) is 4. The summed E-state index contributed by atoms with van der Waals surface area (Å²) in [6.45, 7) is 0.745. The second kappa shape index (κ2) is 8.28. The fourth-order valence-corrected chi connectivity index (χ4v) is 4.18. The highest BCUT2D eigenvalue weighted by atomic mass is 35.5. The molecule has 1 aliphatic heterocycles. The Bertz CT molecular complexity index is 1050. The van der Waals surface area contributed by atoms with E-state index in [1.54, 1.807) is 6.07 Å². The molecule has 164 valence electrons. The predicted octanol–water partition coefficient (Wildman–Crippen LogP) is 5.61. The van der Waals surface area contributed by atoms with E-state index in [4.69, 9.17) is 33.3 Å². The normalized spacial score (nSPS) is 24.2. The van der Waals surface area contributed by atoms with Crippen molar-refractivity contribution in [2.24, 2.45) is 0 Å². The zero-order valence-corrected chi connectivity index (χ0v) is 17.3. The fourth-order valence-electron chi connectivity index (χ4n) is 3.66. The summed E-state index contributed by atoms with van der Waals surface area (Å²) in [7, 11) is 0. The van der Waals surface area contributed by atoms with Crippen LogP contribution < -0.4 is 0 Å². The largest absolute Gasteiger partial charge is 0.478 e. The van der Waals surface area contributed by atoms with Crippen molar-refractivity contribution in [2.75, 3.05) is 6.54 Å². The SMILES string of the molecule is Cc1cc(C2C(F)C(c3cc(Cl)cc(Cl)c3)(C(F)(F)F)ON2CC#N)ccc1C(=O)O. The maximum Gasteiger partial charge on any atom is 0.426 e. The monoisotopic (exact) mass is 476 g/mol. The van der Waals surface area contributed by atoms with E-state index in [9.17, 15) is 23.1 Å². The van der Waals surface area contributed by atoms with E-state index >= 15 is 4.39 Å². The van der Waals surface area contributed by atoms with E-state index in [-0.39, 0.29) is 26.7 Å². The van der Waals surface area contributed by atoms with Crippen molar-refractivity contribution in [3.8, 4) is 6.07 Å². The molecule has 0 bridgehead atoms. The first-order valence-corrected chi connectivity index (χ1v) is 9.52. The molecule has 3 atom stereocenters. The van der Waals surface area contributed by atoms with Gasteiger partial charge in [0.2, 0.25) is 5.60 Å². The molecular weight excluding hydrogens is 463 g/mol. The molecule has 0 radical (unpaired) electrons. The molecule has 0 amide bonds. The average molecular weight is 477 g/mol. The summed E-state index contributed by atoms with van der Waals surface area (Å²) in [6, 6.07) is 6.61. The van der Waals surface area contributed by atoms with Gasteiger partial charge < -0.3 is 5.11 Å². The molecule has 1 aliphatic rings. The van der Waals surface area contributed by atoms with Crippen LogP contribution in [0.3, 0.4) is 0 Å². The van der Waals surface area contributed by atoms with Gasteiger partial charge >= 0.3 is 12.1 Å². The van der Waals surface area contributed by atoms with Crippen LogP contribution in [-0.2, 0) is 10.4 Å². The molecule has 1 heterocycles. The summed E-state index contributed by atoms with van der Waals surface area (Å²) in [5, 5.41) is 18.6. The summed E-state index contributed by atoms with van der Waals surface area (Å²) >= 11 is 11.7. The van der Waals surface area contributed by atoms with Crippen LogP contribution in [0.25, 0.3) is 0 Å². The van der Waals surface area contributed by atoms with E-state index in [1.807, 2.05) is 0 Å². The second-order valence-corrected chi connectivity index (χ2v) is 7.82. The molecule has 0 aliphatic carbocycles. The van der Waals surface area contributed by atoms with E-state index in [0.29, 0.717) is 5.06 Å². The van der Waals surface area contributed by atoms with Crippen LogP contribution in [0, 0.1) is 18.3 Å². The minimum absolute atomic E-state index is 0.0181. The van der Waals surface area contributed by atoms with Crippen molar-refractivity contribution >= 4 is 29.2 Å². The lowest BCUT2D eigenvalue weighted by atomic mass is 9.83. The van der Waals surface area contributed by atoms with Gasteiger partial charge in [0, 0.05) is 15.6 Å². The highest BCUT2D eigenvalue weighted by Gasteiger charge is 2.71. The highest BCUT2D eigenvalue weighted by molar-refractivity contribution is 6.34. The van der Waals surface area contributed by atoms with Gasteiger partial charge in [0.1, 0.15) is 6.54 Å². The van der Waals surface area contributed by atoms with E-state index in [0.717, 1.165) is 18.2 Å². The lowest BCUT2D eigenvalue weighted by Gasteiger charge is -2.32. The van der Waals surface area contributed by atoms with Crippen molar-refractivity contribution in [3.63, 3.8) is 0 Å². The third kappa shape index (κ3) is 3.96. The van der Waals surface area contributed by atoms with Crippen molar-refractivity contribution in [1.29, 1.82) is 5.26 Å². The summed E-state index contributed by atoms with van der Waals surface area (Å²) in [6.07, 6.45) is -7.98. The lowest BCUT2D eigenvalue weighted by Crippen LogP contribution is -2.49. The Labute approximate surface area is 184 Å². The topological polar surface area (TPSA) is 73.6 Å². The molecule has 1 saturated heterocycles.